The van der Waals surface area contributed by atoms with Gasteiger partial charge in [-0.15, -0.1) is 11.8 Å². The number of rotatable bonds is 7. The van der Waals surface area contributed by atoms with E-state index < -0.39 is 0 Å². The van der Waals surface area contributed by atoms with Crippen LogP contribution in [0.5, 0.6) is 11.5 Å². The molecule has 0 N–H and O–H groups in total. The number of halogens is 1. The van der Waals surface area contributed by atoms with E-state index in [4.69, 9.17) is 25.6 Å². The minimum absolute atomic E-state index is 0.00328. The first-order chi connectivity index (χ1) is 14.1. The maximum atomic E-state index is 11.2. The highest BCUT2D eigenvalue weighted by Gasteiger charge is 2.20. The summed E-state index contributed by atoms with van der Waals surface area (Å²) >= 11 is 7.58. The van der Waals surface area contributed by atoms with Crippen LogP contribution in [0.2, 0.25) is 5.02 Å². The molecule has 0 saturated heterocycles. The van der Waals surface area contributed by atoms with Crippen molar-refractivity contribution in [1.82, 2.24) is 5.16 Å². The van der Waals surface area contributed by atoms with Crippen LogP contribution in [0.1, 0.15) is 24.6 Å². The number of nitrogens with zero attached hydrogens (tertiary/aromatic N) is 1. The van der Waals surface area contributed by atoms with E-state index in [9.17, 15) is 4.79 Å². The molecule has 4 rings (SSSR count). The van der Waals surface area contributed by atoms with Crippen molar-refractivity contribution in [1.29, 1.82) is 0 Å². The van der Waals surface area contributed by atoms with Crippen LogP contribution in [0.25, 0.3) is 11.3 Å². The Balaban J connectivity index is 1.48. The Morgan fingerprint density at radius 2 is 2.07 bits per heavy atom. The summed E-state index contributed by atoms with van der Waals surface area (Å²) in [5, 5.41) is 4.86. The second kappa shape index (κ2) is 8.93. The lowest BCUT2D eigenvalue weighted by Gasteiger charge is -2.22. The molecule has 0 aliphatic carbocycles. The minimum atomic E-state index is -0.00328. The summed E-state index contributed by atoms with van der Waals surface area (Å²) in [7, 11) is 0. The molecule has 0 amide bonds. The first kappa shape index (κ1) is 19.9. The van der Waals surface area contributed by atoms with Crippen LogP contribution in [-0.2, 0) is 17.0 Å². The van der Waals surface area contributed by atoms with E-state index in [0.29, 0.717) is 23.1 Å². The molecular formula is C22H20ClNO4S. The molecule has 0 radical (unpaired) electrons. The van der Waals surface area contributed by atoms with Gasteiger partial charge < -0.3 is 14.0 Å². The van der Waals surface area contributed by atoms with Crippen LogP contribution >= 0.6 is 23.4 Å². The first-order valence-corrected chi connectivity index (χ1v) is 10.7. The number of hydrogen-bond donors (Lipinski definition) is 0. The van der Waals surface area contributed by atoms with Gasteiger partial charge in [0, 0.05) is 28.0 Å². The normalized spacial score (nSPS) is 12.9. The van der Waals surface area contributed by atoms with Gasteiger partial charge in [-0.2, -0.15) is 0 Å². The minimum Gasteiger partial charge on any atom is -0.492 e. The van der Waals surface area contributed by atoms with E-state index in [-0.39, 0.29) is 12.4 Å². The number of benzene rings is 2. The summed E-state index contributed by atoms with van der Waals surface area (Å²) in [5.74, 6) is 2.94. The third kappa shape index (κ3) is 4.77. The number of hydrogen-bond acceptors (Lipinski definition) is 6. The summed E-state index contributed by atoms with van der Waals surface area (Å²) in [6, 6.07) is 13.3. The van der Waals surface area contributed by atoms with Crippen molar-refractivity contribution in [2.24, 2.45) is 0 Å². The van der Waals surface area contributed by atoms with E-state index in [1.807, 2.05) is 42.5 Å². The van der Waals surface area contributed by atoms with Crippen molar-refractivity contribution in [3.05, 3.63) is 58.7 Å². The summed E-state index contributed by atoms with van der Waals surface area (Å²) in [6.07, 6.45) is 1.81. The van der Waals surface area contributed by atoms with Gasteiger partial charge in [-0.05, 0) is 56.2 Å². The highest BCUT2D eigenvalue weighted by molar-refractivity contribution is 7.98. The van der Waals surface area contributed by atoms with Gasteiger partial charge in [0.1, 0.15) is 18.1 Å². The molecule has 0 spiro atoms. The lowest BCUT2D eigenvalue weighted by molar-refractivity contribution is -0.118. The zero-order valence-corrected chi connectivity index (χ0v) is 17.5. The van der Waals surface area contributed by atoms with E-state index in [2.05, 4.69) is 5.16 Å². The number of carbonyl (C=O) groups is 1. The van der Waals surface area contributed by atoms with Crippen molar-refractivity contribution in [2.75, 3.05) is 13.2 Å². The fraction of sp³-hybridized carbons (Fsp3) is 0.273. The summed E-state index contributed by atoms with van der Waals surface area (Å²) in [5.41, 5.74) is 2.82. The number of ketones is 1. The molecule has 1 aromatic heterocycles. The zero-order chi connectivity index (χ0) is 20.2. The van der Waals surface area contributed by atoms with Crippen molar-refractivity contribution in [3.8, 4) is 22.8 Å². The summed E-state index contributed by atoms with van der Waals surface area (Å²) in [4.78, 5) is 12.3. The number of carbonyl (C=O) groups excluding carboxylic acids is 1. The molecule has 0 atom stereocenters. The number of aromatic nitrogens is 1. The molecule has 5 nitrogen and oxygen atoms in total. The topological polar surface area (TPSA) is 61.6 Å². The second-order valence-corrected chi connectivity index (χ2v) is 8.24. The fourth-order valence-electron chi connectivity index (χ4n) is 3.12. The van der Waals surface area contributed by atoms with Gasteiger partial charge in [-0.1, -0.05) is 16.8 Å². The smallest absolute Gasteiger partial charge is 0.167 e. The molecule has 0 unspecified atom stereocenters. The SMILES string of the molecule is CC(=O)COc1ccc(SCc2cc(-c3ccc(Cl)cc3)on2)c2c1CCCO2. The van der Waals surface area contributed by atoms with E-state index >= 15 is 0 Å². The van der Waals surface area contributed by atoms with Gasteiger partial charge >= 0.3 is 0 Å². The van der Waals surface area contributed by atoms with Crippen LogP contribution in [0.15, 0.2) is 51.9 Å². The van der Waals surface area contributed by atoms with Gasteiger partial charge in [-0.25, -0.2) is 0 Å². The lowest BCUT2D eigenvalue weighted by atomic mass is 10.1. The Hall–Kier alpha value is -2.44. The highest BCUT2D eigenvalue weighted by Crippen LogP contribution is 2.42. The monoisotopic (exact) mass is 429 g/mol. The quantitative estimate of drug-likeness (QED) is 0.457. The molecule has 150 valence electrons. The number of thioether (sulfide) groups is 1. The predicted molar refractivity (Wildman–Crippen MR) is 113 cm³/mol. The first-order valence-electron chi connectivity index (χ1n) is 9.35. The number of Topliss-reactive ketones (excluding diaryl/α,β-unsaturated/α-hetero) is 1. The molecule has 2 aromatic carbocycles. The molecule has 29 heavy (non-hydrogen) atoms. The predicted octanol–water partition coefficient (Wildman–Crippen LogP) is 5.58. The van der Waals surface area contributed by atoms with Crippen molar-refractivity contribution in [3.63, 3.8) is 0 Å². The van der Waals surface area contributed by atoms with Crippen LogP contribution in [-0.4, -0.2) is 24.2 Å². The molecule has 1 aliphatic rings. The third-order valence-corrected chi connectivity index (χ3v) is 5.82. The Labute approximate surface area is 178 Å². The lowest BCUT2D eigenvalue weighted by Crippen LogP contribution is -2.13. The van der Waals surface area contributed by atoms with Crippen LogP contribution in [0.3, 0.4) is 0 Å². The highest BCUT2D eigenvalue weighted by atomic mass is 35.5. The van der Waals surface area contributed by atoms with E-state index in [1.165, 1.54) is 6.92 Å². The summed E-state index contributed by atoms with van der Waals surface area (Å²) in [6.45, 7) is 2.27. The van der Waals surface area contributed by atoms with Gasteiger partial charge in [0.15, 0.2) is 11.5 Å². The molecule has 7 heteroatoms. The van der Waals surface area contributed by atoms with Crippen LogP contribution < -0.4 is 9.47 Å². The Morgan fingerprint density at radius 1 is 1.24 bits per heavy atom. The van der Waals surface area contributed by atoms with E-state index in [0.717, 1.165) is 46.1 Å². The average molecular weight is 430 g/mol. The van der Waals surface area contributed by atoms with Gasteiger partial charge in [0.05, 0.1) is 17.2 Å². The maximum absolute atomic E-state index is 11.2. The molecule has 3 aromatic rings. The second-order valence-electron chi connectivity index (χ2n) is 6.79. The van der Waals surface area contributed by atoms with Crippen LogP contribution in [0.4, 0.5) is 0 Å². The summed E-state index contributed by atoms with van der Waals surface area (Å²) < 4.78 is 17.1. The Bertz CT molecular complexity index is 1020. The molecule has 0 bridgehead atoms. The number of ether oxygens (including phenoxy) is 2. The van der Waals surface area contributed by atoms with Gasteiger partial charge in [0.2, 0.25) is 0 Å². The van der Waals surface area contributed by atoms with E-state index in [1.54, 1.807) is 11.8 Å². The van der Waals surface area contributed by atoms with Gasteiger partial charge in [0.25, 0.3) is 0 Å². The van der Waals surface area contributed by atoms with Crippen molar-refractivity contribution < 1.29 is 18.8 Å². The zero-order valence-electron chi connectivity index (χ0n) is 15.9. The van der Waals surface area contributed by atoms with Gasteiger partial charge in [-0.3, -0.25) is 4.79 Å². The molecular weight excluding hydrogens is 410 g/mol. The standard InChI is InChI=1S/C22H20ClNO4S/c1-14(25)12-27-19-8-9-21(22-18(19)3-2-10-26-22)29-13-17-11-20(28-24-17)15-4-6-16(23)7-5-15/h4-9,11H,2-3,10,12-13H2,1H3. The van der Waals surface area contributed by atoms with Crippen molar-refractivity contribution >= 4 is 29.1 Å². The molecule has 1 aliphatic heterocycles. The Morgan fingerprint density at radius 3 is 2.86 bits per heavy atom. The van der Waals surface area contributed by atoms with Crippen molar-refractivity contribution in [2.45, 2.75) is 30.4 Å². The number of fused-ring (bicyclic) bond motifs is 1. The third-order valence-electron chi connectivity index (χ3n) is 4.49. The molecule has 2 heterocycles. The van der Waals surface area contributed by atoms with Crippen LogP contribution in [0, 0.1) is 0 Å². The largest absolute Gasteiger partial charge is 0.492 e. The molecule has 0 fully saturated rings. The average Bonchev–Trinajstić information content (AvgIpc) is 3.20. The fourth-order valence-corrected chi connectivity index (χ4v) is 4.16. The maximum Gasteiger partial charge on any atom is 0.167 e. The Kier molecular flexibility index (Phi) is 6.11. The molecule has 0 saturated carbocycles.